The van der Waals surface area contributed by atoms with Crippen LogP contribution in [0.1, 0.15) is 425 Å². The number of ether oxygens (including phenoxy) is 4. The number of carboxylic acid groups (broad SMARTS) is 1. The predicted molar refractivity (Wildman–Crippen MR) is 383 cm³/mol. The third-order valence-corrected chi connectivity index (χ3v) is 18.5. The summed E-state index contributed by atoms with van der Waals surface area (Å²) in [5, 5.41) is 9.76. The monoisotopic (exact) mass is 1260 g/mol. The summed E-state index contributed by atoms with van der Waals surface area (Å²) in [5.41, 5.74) is 0. The Kier molecular flexibility index (Phi) is 70.3. The highest BCUT2D eigenvalue weighted by atomic mass is 16.7. The molecule has 0 rings (SSSR count). The normalized spacial score (nSPS) is 12.6. The molecule has 0 aromatic heterocycles. The van der Waals surface area contributed by atoms with Gasteiger partial charge in [-0.3, -0.25) is 9.59 Å². The summed E-state index contributed by atoms with van der Waals surface area (Å²) in [5.74, 6) is -1.96. The van der Waals surface area contributed by atoms with Gasteiger partial charge < -0.3 is 28.5 Å². The zero-order valence-corrected chi connectivity index (χ0v) is 60.6. The van der Waals surface area contributed by atoms with Crippen molar-refractivity contribution in [3.63, 3.8) is 0 Å². The zero-order chi connectivity index (χ0) is 64.7. The quantitative estimate of drug-likeness (QED) is 0.0211. The van der Waals surface area contributed by atoms with E-state index in [9.17, 15) is 19.5 Å². The average molecular weight is 1260 g/mol. The molecule has 0 bridgehead atoms. The molecular weight excluding hydrogens is 1100 g/mol. The molecule has 0 aliphatic heterocycles. The van der Waals surface area contributed by atoms with E-state index in [0.29, 0.717) is 17.4 Å². The molecule has 528 valence electrons. The van der Waals surface area contributed by atoms with E-state index in [2.05, 4.69) is 26.0 Å². The molecule has 2 unspecified atom stereocenters. The number of hydrogen-bond donors (Lipinski definition) is 1. The van der Waals surface area contributed by atoms with E-state index in [4.69, 9.17) is 18.9 Å². The number of allylic oxidation sites excluding steroid dienone is 2. The van der Waals surface area contributed by atoms with Gasteiger partial charge in [-0.25, -0.2) is 4.79 Å². The molecular formula is C80H156NO8+. The van der Waals surface area contributed by atoms with Gasteiger partial charge in [0.1, 0.15) is 13.2 Å². The number of carbonyl (C=O) groups is 3. The zero-order valence-electron chi connectivity index (χ0n) is 60.6. The van der Waals surface area contributed by atoms with Crippen LogP contribution in [-0.2, 0) is 33.3 Å². The van der Waals surface area contributed by atoms with Gasteiger partial charge >= 0.3 is 17.9 Å². The molecule has 0 amide bonds. The number of carboxylic acids is 1. The van der Waals surface area contributed by atoms with Crippen LogP contribution in [0.4, 0.5) is 0 Å². The fourth-order valence-corrected chi connectivity index (χ4v) is 12.4. The minimum atomic E-state index is -1.51. The number of hydrogen-bond acceptors (Lipinski definition) is 7. The van der Waals surface area contributed by atoms with Crippen LogP contribution in [-0.4, -0.2) is 87.4 Å². The average Bonchev–Trinajstić information content (AvgIpc) is 3.64. The lowest BCUT2D eigenvalue weighted by molar-refractivity contribution is -0.870. The van der Waals surface area contributed by atoms with Gasteiger partial charge in [0.05, 0.1) is 34.4 Å². The highest BCUT2D eigenvalue weighted by molar-refractivity contribution is 5.71. The van der Waals surface area contributed by atoms with Crippen LogP contribution in [0.2, 0.25) is 0 Å². The Morgan fingerprint density at radius 1 is 0.326 bits per heavy atom. The second kappa shape index (κ2) is 71.9. The Morgan fingerprint density at radius 3 is 0.831 bits per heavy atom. The number of likely N-dealkylation sites (N-methyl/N-ethyl adjacent to an activating group) is 1. The van der Waals surface area contributed by atoms with E-state index in [1.54, 1.807) is 0 Å². The molecule has 0 aliphatic carbocycles. The summed E-state index contributed by atoms with van der Waals surface area (Å²) < 4.78 is 23.0. The first-order valence-electron chi connectivity index (χ1n) is 39.9. The van der Waals surface area contributed by atoms with Crippen molar-refractivity contribution in [2.45, 2.75) is 437 Å². The lowest BCUT2D eigenvalue weighted by atomic mass is 10.0. The second-order valence-electron chi connectivity index (χ2n) is 28.7. The highest BCUT2D eigenvalue weighted by Gasteiger charge is 2.25. The number of rotatable bonds is 76. The number of aliphatic carboxylic acids is 1. The van der Waals surface area contributed by atoms with Crippen LogP contribution < -0.4 is 0 Å². The molecule has 9 nitrogen and oxygen atoms in total. The summed E-state index contributed by atoms with van der Waals surface area (Å²) in [6, 6.07) is 0. The van der Waals surface area contributed by atoms with Gasteiger partial charge in [0.25, 0.3) is 6.29 Å². The van der Waals surface area contributed by atoms with Crippen molar-refractivity contribution in [3.8, 4) is 0 Å². The first-order chi connectivity index (χ1) is 43.6. The van der Waals surface area contributed by atoms with E-state index in [0.717, 1.165) is 38.5 Å². The molecule has 2 atom stereocenters. The molecule has 0 spiro atoms. The second-order valence-corrected chi connectivity index (χ2v) is 28.7. The Labute approximate surface area is 555 Å². The Bertz CT molecular complexity index is 1460. The smallest absolute Gasteiger partial charge is 0.361 e. The minimum Gasteiger partial charge on any atom is -0.477 e. The molecule has 9 heteroatoms. The van der Waals surface area contributed by atoms with Gasteiger partial charge in [-0.1, -0.05) is 386 Å². The number of carbonyl (C=O) groups excluding carboxylic acids is 2. The van der Waals surface area contributed by atoms with Crippen molar-refractivity contribution in [1.82, 2.24) is 0 Å². The molecule has 89 heavy (non-hydrogen) atoms. The first kappa shape index (κ1) is 87.0. The third kappa shape index (κ3) is 73.3. The van der Waals surface area contributed by atoms with E-state index in [1.165, 1.54) is 360 Å². The van der Waals surface area contributed by atoms with Crippen LogP contribution in [0, 0.1) is 0 Å². The van der Waals surface area contributed by atoms with Gasteiger partial charge in [0.2, 0.25) is 0 Å². The van der Waals surface area contributed by atoms with Crippen molar-refractivity contribution >= 4 is 17.9 Å². The number of nitrogens with zero attached hydrogens (tertiary/aromatic N) is 1. The Morgan fingerprint density at radius 2 is 0.573 bits per heavy atom. The molecule has 0 heterocycles. The fourth-order valence-electron chi connectivity index (χ4n) is 12.4. The van der Waals surface area contributed by atoms with E-state index < -0.39 is 18.4 Å². The number of unbranched alkanes of at least 4 members (excludes halogenated alkanes) is 59. The van der Waals surface area contributed by atoms with Gasteiger partial charge in [-0.15, -0.1) is 0 Å². The number of esters is 2. The Hall–Kier alpha value is -1.97. The predicted octanol–water partition coefficient (Wildman–Crippen LogP) is 25.2. The van der Waals surface area contributed by atoms with Crippen LogP contribution in [0.15, 0.2) is 12.2 Å². The van der Waals surface area contributed by atoms with Crippen molar-refractivity contribution in [1.29, 1.82) is 0 Å². The van der Waals surface area contributed by atoms with Crippen LogP contribution in [0.3, 0.4) is 0 Å². The summed E-state index contributed by atoms with van der Waals surface area (Å²) in [4.78, 5) is 37.7. The van der Waals surface area contributed by atoms with Crippen LogP contribution in [0.5, 0.6) is 0 Å². The maximum Gasteiger partial charge on any atom is 0.361 e. The summed E-state index contributed by atoms with van der Waals surface area (Å²) >= 11 is 0. The largest absolute Gasteiger partial charge is 0.477 e. The van der Waals surface area contributed by atoms with Crippen LogP contribution >= 0.6 is 0 Å². The molecule has 0 saturated heterocycles. The van der Waals surface area contributed by atoms with Gasteiger partial charge in [-0.2, -0.15) is 0 Å². The van der Waals surface area contributed by atoms with Crippen molar-refractivity contribution < 1.29 is 42.9 Å². The molecule has 0 fully saturated rings. The summed E-state index contributed by atoms with van der Waals surface area (Å²) in [6.07, 6.45) is 86.7. The molecule has 1 N–H and O–H groups in total. The van der Waals surface area contributed by atoms with Crippen molar-refractivity contribution in [2.75, 3.05) is 47.5 Å². The molecule has 0 aliphatic rings. The van der Waals surface area contributed by atoms with E-state index in [1.807, 2.05) is 21.1 Å². The van der Waals surface area contributed by atoms with Crippen LogP contribution in [0.25, 0.3) is 0 Å². The van der Waals surface area contributed by atoms with E-state index in [-0.39, 0.29) is 38.2 Å². The first-order valence-corrected chi connectivity index (χ1v) is 39.9. The minimum absolute atomic E-state index is 0.172. The lowest BCUT2D eigenvalue weighted by Gasteiger charge is -2.25. The lowest BCUT2D eigenvalue weighted by Crippen LogP contribution is -2.40. The maximum absolute atomic E-state index is 13.0. The SMILES string of the molecule is CCCCCCCCCC/C=C\CCCCCCCCCCCCCCCCCCCCCCCCCCCCCCCC(=O)OC(COC(=O)CCCCCCCCCCCCCCCCCCCCCCCCC)COC(OCC[N+](C)(C)C)C(=O)O. The highest BCUT2D eigenvalue weighted by Crippen LogP contribution is 2.20. The molecule has 0 aromatic carbocycles. The molecule has 0 radical (unpaired) electrons. The molecule has 0 aromatic rings. The van der Waals surface area contributed by atoms with Crippen molar-refractivity contribution in [3.05, 3.63) is 12.2 Å². The van der Waals surface area contributed by atoms with Gasteiger partial charge in [0.15, 0.2) is 6.10 Å². The molecule has 0 saturated carbocycles. The topological polar surface area (TPSA) is 108 Å². The van der Waals surface area contributed by atoms with E-state index >= 15 is 0 Å². The standard InChI is InChI=1S/C80H155NO8/c1-6-8-10-12-14-16-18-20-22-24-26-28-30-31-32-33-34-35-36-37-38-39-40-41-42-43-44-45-46-47-49-51-53-55-57-59-61-63-65-67-69-71-78(83)89-76(75-88-80(79(84)85)86-73-72-81(3,4)5)74-87-77(82)70-68-66-64-62-60-58-56-54-52-50-48-29-27-25-23-21-19-17-15-13-11-9-7-2/h24,26,76,80H,6-23,25,27-75H2,1-5H3/p+1/b26-24-. The van der Waals surface area contributed by atoms with Gasteiger partial charge in [0, 0.05) is 12.8 Å². The Balaban J connectivity index is 3.90. The fraction of sp³-hybridized carbons (Fsp3) is 0.938. The summed E-state index contributed by atoms with van der Waals surface area (Å²) in [6.45, 7) is 4.97. The summed E-state index contributed by atoms with van der Waals surface area (Å²) in [7, 11) is 6.00. The van der Waals surface area contributed by atoms with Crippen molar-refractivity contribution in [2.24, 2.45) is 0 Å². The number of quaternary nitrogens is 1. The maximum atomic E-state index is 13.0. The third-order valence-electron chi connectivity index (χ3n) is 18.5. The van der Waals surface area contributed by atoms with Gasteiger partial charge in [-0.05, 0) is 38.5 Å².